The van der Waals surface area contributed by atoms with Gasteiger partial charge in [-0.05, 0) is 51.0 Å². The molecule has 0 spiro atoms. The van der Waals surface area contributed by atoms with Gasteiger partial charge >= 0.3 is 0 Å². The molecule has 0 amide bonds. The van der Waals surface area contributed by atoms with E-state index < -0.39 is 0 Å². The molecule has 0 aromatic heterocycles. The maximum atomic E-state index is 5.88. The summed E-state index contributed by atoms with van der Waals surface area (Å²) >= 11 is 0. The van der Waals surface area contributed by atoms with E-state index in [-0.39, 0.29) is 0 Å². The third kappa shape index (κ3) is 1.80. The summed E-state index contributed by atoms with van der Waals surface area (Å²) in [5.74, 6) is 0.937. The molecule has 1 unspecified atom stereocenters. The van der Waals surface area contributed by atoms with Crippen molar-refractivity contribution in [2.75, 3.05) is 6.54 Å². The normalized spacial score (nSPS) is 43.2. The van der Waals surface area contributed by atoms with E-state index in [1.165, 1.54) is 45.1 Å². The van der Waals surface area contributed by atoms with Crippen molar-refractivity contribution >= 4 is 0 Å². The van der Waals surface area contributed by atoms with Crippen molar-refractivity contribution < 1.29 is 0 Å². The number of nitrogens with two attached hydrogens (primary N) is 1. The highest BCUT2D eigenvalue weighted by atomic mass is 14.9. The van der Waals surface area contributed by atoms with E-state index in [4.69, 9.17) is 5.73 Å². The van der Waals surface area contributed by atoms with Gasteiger partial charge in [-0.25, -0.2) is 0 Å². The van der Waals surface area contributed by atoms with Crippen molar-refractivity contribution in [3.63, 3.8) is 0 Å². The van der Waals surface area contributed by atoms with Crippen molar-refractivity contribution in [1.29, 1.82) is 0 Å². The lowest BCUT2D eigenvalue weighted by molar-refractivity contribution is 0.268. The number of hydrogen-bond donors (Lipinski definition) is 2. The van der Waals surface area contributed by atoms with Gasteiger partial charge < -0.3 is 11.1 Å². The molecule has 2 nitrogen and oxygen atoms in total. The lowest BCUT2D eigenvalue weighted by Gasteiger charge is -2.30. The first-order chi connectivity index (χ1) is 5.86. The van der Waals surface area contributed by atoms with Crippen LogP contribution in [-0.4, -0.2) is 18.6 Å². The fourth-order valence-electron chi connectivity index (χ4n) is 2.66. The van der Waals surface area contributed by atoms with E-state index in [0.29, 0.717) is 6.04 Å². The molecular formula is C10H20N2. The molecule has 1 aliphatic heterocycles. The fourth-order valence-corrected chi connectivity index (χ4v) is 2.66. The molecule has 2 heteroatoms. The molecule has 3 N–H and O–H groups in total. The van der Waals surface area contributed by atoms with Crippen molar-refractivity contribution in [3.05, 3.63) is 0 Å². The van der Waals surface area contributed by atoms with Gasteiger partial charge in [0.25, 0.3) is 0 Å². The van der Waals surface area contributed by atoms with Gasteiger partial charge in [0.05, 0.1) is 0 Å². The quantitative estimate of drug-likeness (QED) is 0.618. The van der Waals surface area contributed by atoms with Crippen molar-refractivity contribution in [2.24, 2.45) is 11.7 Å². The maximum Gasteiger partial charge on any atom is 0.00958 e. The molecule has 0 aromatic carbocycles. The van der Waals surface area contributed by atoms with Crippen LogP contribution in [0.5, 0.6) is 0 Å². The van der Waals surface area contributed by atoms with Crippen LogP contribution in [0.4, 0.5) is 0 Å². The van der Waals surface area contributed by atoms with Crippen molar-refractivity contribution in [1.82, 2.24) is 5.32 Å². The summed E-state index contributed by atoms with van der Waals surface area (Å²) in [5, 5.41) is 3.60. The van der Waals surface area contributed by atoms with Crippen LogP contribution < -0.4 is 11.1 Å². The SMILES string of the molecule is NC1CCC(C2CCCN2)CC1. The summed E-state index contributed by atoms with van der Waals surface area (Å²) in [6.45, 7) is 1.24. The highest BCUT2D eigenvalue weighted by Gasteiger charge is 2.27. The molecule has 2 fully saturated rings. The second-order valence-electron chi connectivity index (χ2n) is 4.38. The molecular weight excluding hydrogens is 148 g/mol. The Morgan fingerprint density at radius 3 is 2.33 bits per heavy atom. The van der Waals surface area contributed by atoms with Gasteiger partial charge in [0, 0.05) is 12.1 Å². The highest BCUT2D eigenvalue weighted by Crippen LogP contribution is 2.29. The lowest BCUT2D eigenvalue weighted by Crippen LogP contribution is -2.36. The number of nitrogens with one attached hydrogen (secondary N) is 1. The Morgan fingerprint density at radius 1 is 1.00 bits per heavy atom. The molecule has 0 aromatic rings. The van der Waals surface area contributed by atoms with E-state index >= 15 is 0 Å². The number of rotatable bonds is 1. The van der Waals surface area contributed by atoms with Crippen LogP contribution in [0.3, 0.4) is 0 Å². The fraction of sp³-hybridized carbons (Fsp3) is 1.00. The van der Waals surface area contributed by atoms with Crippen LogP contribution in [0.2, 0.25) is 0 Å². The molecule has 1 heterocycles. The zero-order chi connectivity index (χ0) is 8.39. The first kappa shape index (κ1) is 8.52. The molecule has 70 valence electrons. The molecule has 1 saturated heterocycles. The molecule has 0 bridgehead atoms. The van der Waals surface area contributed by atoms with Gasteiger partial charge in [0.1, 0.15) is 0 Å². The predicted octanol–water partition coefficient (Wildman–Crippen LogP) is 1.26. The summed E-state index contributed by atoms with van der Waals surface area (Å²) in [6.07, 6.45) is 8.01. The maximum absolute atomic E-state index is 5.88. The third-order valence-electron chi connectivity index (χ3n) is 3.48. The van der Waals surface area contributed by atoms with Gasteiger partial charge in [-0.15, -0.1) is 0 Å². The van der Waals surface area contributed by atoms with E-state index in [0.717, 1.165) is 12.0 Å². The second kappa shape index (κ2) is 3.75. The lowest BCUT2D eigenvalue weighted by atomic mass is 9.81. The van der Waals surface area contributed by atoms with Gasteiger partial charge in [-0.1, -0.05) is 0 Å². The summed E-state index contributed by atoms with van der Waals surface area (Å²) in [4.78, 5) is 0. The average Bonchev–Trinajstić information content (AvgIpc) is 2.58. The molecule has 2 rings (SSSR count). The summed E-state index contributed by atoms with van der Waals surface area (Å²) < 4.78 is 0. The van der Waals surface area contributed by atoms with E-state index in [1.54, 1.807) is 0 Å². The minimum atomic E-state index is 0.502. The van der Waals surface area contributed by atoms with Crippen molar-refractivity contribution in [2.45, 2.75) is 50.6 Å². The summed E-state index contributed by atoms with van der Waals surface area (Å²) in [5.41, 5.74) is 5.88. The molecule has 1 saturated carbocycles. The van der Waals surface area contributed by atoms with Crippen LogP contribution in [0.25, 0.3) is 0 Å². The Labute approximate surface area is 74.9 Å². The van der Waals surface area contributed by atoms with Gasteiger partial charge in [-0.2, -0.15) is 0 Å². The largest absolute Gasteiger partial charge is 0.328 e. The van der Waals surface area contributed by atoms with Crippen LogP contribution in [-0.2, 0) is 0 Å². The monoisotopic (exact) mass is 168 g/mol. The minimum absolute atomic E-state index is 0.502. The Bertz CT molecular complexity index is 133. The average molecular weight is 168 g/mol. The Balaban J connectivity index is 1.80. The Morgan fingerprint density at radius 2 is 1.75 bits per heavy atom. The summed E-state index contributed by atoms with van der Waals surface area (Å²) in [6, 6.07) is 1.33. The predicted molar refractivity (Wildman–Crippen MR) is 51.0 cm³/mol. The van der Waals surface area contributed by atoms with E-state index in [9.17, 15) is 0 Å². The van der Waals surface area contributed by atoms with Crippen molar-refractivity contribution in [3.8, 4) is 0 Å². The standard InChI is InChI=1S/C10H20N2/c11-9-5-3-8(4-6-9)10-2-1-7-12-10/h8-10,12H,1-7,11H2. The molecule has 1 aliphatic carbocycles. The molecule has 1 atom stereocenters. The zero-order valence-electron chi connectivity index (χ0n) is 7.76. The molecule has 0 radical (unpaired) electrons. The summed E-state index contributed by atoms with van der Waals surface area (Å²) in [7, 11) is 0. The smallest absolute Gasteiger partial charge is 0.00958 e. The second-order valence-corrected chi connectivity index (χ2v) is 4.38. The van der Waals surface area contributed by atoms with Crippen LogP contribution in [0.15, 0.2) is 0 Å². The minimum Gasteiger partial charge on any atom is -0.328 e. The third-order valence-corrected chi connectivity index (χ3v) is 3.48. The number of hydrogen-bond acceptors (Lipinski definition) is 2. The van der Waals surface area contributed by atoms with Crippen LogP contribution >= 0.6 is 0 Å². The molecule has 2 aliphatic rings. The zero-order valence-corrected chi connectivity index (χ0v) is 7.76. The topological polar surface area (TPSA) is 38.0 Å². The van der Waals surface area contributed by atoms with Crippen LogP contribution in [0.1, 0.15) is 38.5 Å². The van der Waals surface area contributed by atoms with Gasteiger partial charge in [0.15, 0.2) is 0 Å². The van der Waals surface area contributed by atoms with E-state index in [2.05, 4.69) is 5.32 Å². The van der Waals surface area contributed by atoms with Gasteiger partial charge in [-0.3, -0.25) is 0 Å². The molecule has 12 heavy (non-hydrogen) atoms. The first-order valence-corrected chi connectivity index (χ1v) is 5.35. The Kier molecular flexibility index (Phi) is 2.66. The van der Waals surface area contributed by atoms with E-state index in [1.807, 2.05) is 0 Å². The Hall–Kier alpha value is -0.0800. The van der Waals surface area contributed by atoms with Crippen LogP contribution in [0, 0.1) is 5.92 Å². The van der Waals surface area contributed by atoms with Gasteiger partial charge in [0.2, 0.25) is 0 Å². The first-order valence-electron chi connectivity index (χ1n) is 5.35. The highest BCUT2D eigenvalue weighted by molar-refractivity contribution is 4.85.